The Bertz CT molecular complexity index is 3120. The fourth-order valence-corrected chi connectivity index (χ4v) is 14.9. The molecule has 0 radical (unpaired) electrons. The summed E-state index contributed by atoms with van der Waals surface area (Å²) in [5.74, 6) is 3.69. The van der Waals surface area contributed by atoms with E-state index in [1.54, 1.807) is 11.1 Å². The molecule has 6 unspecified atom stereocenters. The van der Waals surface area contributed by atoms with Crippen LogP contribution in [0.25, 0.3) is 55.6 Å². The maximum absolute atomic E-state index is 2.55. The molecule has 6 aliphatic rings. The molecule has 0 amide bonds. The van der Waals surface area contributed by atoms with Crippen LogP contribution in [0.2, 0.25) is 0 Å². The Balaban J connectivity index is 0.807. The Labute approximate surface area is 365 Å². The van der Waals surface area contributed by atoms with Crippen molar-refractivity contribution < 1.29 is 0 Å². The van der Waals surface area contributed by atoms with E-state index < -0.39 is 0 Å². The first-order valence-corrected chi connectivity index (χ1v) is 23.1. The Morgan fingerprint density at radius 1 is 0.419 bits per heavy atom. The van der Waals surface area contributed by atoms with E-state index in [2.05, 4.69) is 207 Å². The number of anilines is 3. The fraction of sp³-hybridized carbons (Fsp3) is 0.213. The van der Waals surface area contributed by atoms with Gasteiger partial charge in [-0.15, -0.1) is 0 Å². The van der Waals surface area contributed by atoms with E-state index in [1.807, 2.05) is 0 Å². The lowest BCUT2D eigenvalue weighted by atomic mass is 9.27. The minimum Gasteiger partial charge on any atom is -0.310 e. The predicted octanol–water partition coefficient (Wildman–Crippen LogP) is 15.8. The van der Waals surface area contributed by atoms with Crippen molar-refractivity contribution in [3.05, 3.63) is 210 Å². The summed E-state index contributed by atoms with van der Waals surface area (Å²) in [4.78, 5) is 2.46. The zero-order chi connectivity index (χ0) is 41.0. The summed E-state index contributed by atoms with van der Waals surface area (Å²) >= 11 is 0. The van der Waals surface area contributed by atoms with Crippen molar-refractivity contribution in [2.24, 2.45) is 29.1 Å². The molecule has 2 bridgehead atoms. The van der Waals surface area contributed by atoms with Gasteiger partial charge in [0.15, 0.2) is 0 Å². The Hall–Kier alpha value is -6.44. The van der Waals surface area contributed by atoms with Crippen LogP contribution >= 0.6 is 0 Å². The van der Waals surface area contributed by atoms with Crippen molar-refractivity contribution in [3.63, 3.8) is 0 Å². The number of fused-ring (bicyclic) bond motifs is 11. The van der Waals surface area contributed by atoms with Gasteiger partial charge in [0, 0.05) is 27.8 Å². The summed E-state index contributed by atoms with van der Waals surface area (Å²) < 4.78 is 0. The highest BCUT2D eigenvalue weighted by Gasteiger charge is 2.84. The maximum atomic E-state index is 2.55. The molecule has 8 aromatic rings. The minimum atomic E-state index is -0.0807. The molecular weight excluding hydrogens is 747 g/mol. The van der Waals surface area contributed by atoms with E-state index >= 15 is 0 Å². The Morgan fingerprint density at radius 2 is 0.952 bits per heavy atom. The standard InChI is InChI=1S/C61H49N/c1-59(2)51-15-8-7-14-49(51)58-54(59)17-10-18-55(58)62(46-28-23-41(24-29-46)39-11-4-3-5-12-39)47-30-25-42(26-31-47)40-19-21-43(22-20-40)44-27-32-53-50(35-44)48-13-6-9-16-52(48)61(53)56-34-38-33-45-36-57(61)60(45,56)37-38/h3-32,35,38,45,56-57H,33-34,36-37H2,1-2H3. The summed E-state index contributed by atoms with van der Waals surface area (Å²) in [5.41, 5.74) is 23.5. The fourth-order valence-electron chi connectivity index (χ4n) is 14.9. The van der Waals surface area contributed by atoms with E-state index in [9.17, 15) is 0 Å². The first kappa shape index (κ1) is 35.2. The van der Waals surface area contributed by atoms with Gasteiger partial charge in [-0.2, -0.15) is 0 Å². The van der Waals surface area contributed by atoms with Crippen LogP contribution in [0.3, 0.4) is 0 Å². The molecule has 2 spiro atoms. The van der Waals surface area contributed by atoms with Gasteiger partial charge in [-0.25, -0.2) is 0 Å². The maximum Gasteiger partial charge on any atom is 0.0543 e. The first-order chi connectivity index (χ1) is 30.4. The summed E-state index contributed by atoms with van der Waals surface area (Å²) in [5, 5.41) is 0. The van der Waals surface area contributed by atoms with Gasteiger partial charge in [0.25, 0.3) is 0 Å². The lowest BCUT2D eigenvalue weighted by Crippen LogP contribution is -2.73. The molecule has 0 heterocycles. The summed E-state index contributed by atoms with van der Waals surface area (Å²) in [7, 11) is 0. The highest BCUT2D eigenvalue weighted by atomic mass is 15.1. The zero-order valence-electron chi connectivity index (χ0n) is 35.5. The smallest absolute Gasteiger partial charge is 0.0543 e. The van der Waals surface area contributed by atoms with Gasteiger partial charge in [0.1, 0.15) is 0 Å². The zero-order valence-corrected chi connectivity index (χ0v) is 35.5. The predicted molar refractivity (Wildman–Crippen MR) is 256 cm³/mol. The molecule has 298 valence electrons. The van der Waals surface area contributed by atoms with Gasteiger partial charge >= 0.3 is 0 Å². The molecule has 0 saturated heterocycles. The average Bonchev–Trinajstić information content (AvgIpc) is 4.02. The Kier molecular flexibility index (Phi) is 7.01. The van der Waals surface area contributed by atoms with E-state index in [0.717, 1.165) is 35.0 Å². The molecule has 14 rings (SSSR count). The molecule has 4 saturated carbocycles. The molecule has 62 heavy (non-hydrogen) atoms. The van der Waals surface area contributed by atoms with Gasteiger partial charge in [-0.05, 0) is 163 Å². The lowest BCUT2D eigenvalue weighted by molar-refractivity contribution is -0.231. The number of nitrogens with zero attached hydrogens (tertiary/aromatic N) is 1. The van der Waals surface area contributed by atoms with Crippen molar-refractivity contribution >= 4 is 17.1 Å². The Morgan fingerprint density at radius 3 is 1.65 bits per heavy atom. The molecule has 1 nitrogen and oxygen atoms in total. The first-order valence-electron chi connectivity index (χ1n) is 23.1. The normalized spacial score (nSPS) is 25.6. The third-order valence-corrected chi connectivity index (χ3v) is 17.4. The number of benzene rings is 8. The molecular formula is C61H49N. The van der Waals surface area contributed by atoms with E-state index in [-0.39, 0.29) is 10.8 Å². The van der Waals surface area contributed by atoms with Crippen LogP contribution in [0.5, 0.6) is 0 Å². The van der Waals surface area contributed by atoms with Crippen LogP contribution in [0.1, 0.15) is 61.8 Å². The van der Waals surface area contributed by atoms with Gasteiger partial charge < -0.3 is 4.90 Å². The monoisotopic (exact) mass is 795 g/mol. The van der Waals surface area contributed by atoms with Gasteiger partial charge in [-0.1, -0.05) is 166 Å². The molecule has 6 aliphatic carbocycles. The number of hydrogen-bond acceptors (Lipinski definition) is 1. The SMILES string of the molecule is CC1(C)c2ccccc2-c2c(N(c3ccc(-c4ccccc4)cc3)c3ccc(-c4ccc(-c5ccc6c(c5)-c5ccccc5C65C6CC7CC8CC5C86C7)cc4)cc3)cccc21. The highest BCUT2D eigenvalue weighted by molar-refractivity contribution is 5.95. The van der Waals surface area contributed by atoms with Crippen LogP contribution in [0.15, 0.2) is 188 Å². The second-order valence-electron chi connectivity index (χ2n) is 20.1. The highest BCUT2D eigenvalue weighted by Crippen LogP contribution is 2.89. The lowest BCUT2D eigenvalue weighted by Gasteiger charge is -2.76. The average molecular weight is 796 g/mol. The van der Waals surface area contributed by atoms with Crippen LogP contribution in [-0.4, -0.2) is 0 Å². The van der Waals surface area contributed by atoms with Gasteiger partial charge in [-0.3, -0.25) is 0 Å². The minimum absolute atomic E-state index is 0.0807. The van der Waals surface area contributed by atoms with E-state index in [4.69, 9.17) is 0 Å². The van der Waals surface area contributed by atoms with Crippen molar-refractivity contribution in [1.82, 2.24) is 0 Å². The van der Waals surface area contributed by atoms with Gasteiger partial charge in [0.05, 0.1) is 5.69 Å². The summed E-state index contributed by atoms with van der Waals surface area (Å²) in [6, 6.07) is 71.1. The van der Waals surface area contributed by atoms with Crippen molar-refractivity contribution in [2.45, 2.75) is 50.4 Å². The molecule has 6 atom stereocenters. The molecule has 0 aliphatic heterocycles. The van der Waals surface area contributed by atoms with Crippen LogP contribution in [0.4, 0.5) is 17.1 Å². The quantitative estimate of drug-likeness (QED) is 0.162. The third-order valence-electron chi connectivity index (χ3n) is 17.4. The molecule has 8 aromatic carbocycles. The van der Waals surface area contributed by atoms with Crippen LogP contribution in [-0.2, 0) is 10.8 Å². The summed E-state index contributed by atoms with van der Waals surface area (Å²) in [6.07, 6.45) is 5.93. The largest absolute Gasteiger partial charge is 0.310 e. The molecule has 1 heteroatoms. The molecule has 0 N–H and O–H groups in total. The van der Waals surface area contributed by atoms with Crippen molar-refractivity contribution in [3.8, 4) is 55.6 Å². The molecule has 0 aromatic heterocycles. The van der Waals surface area contributed by atoms with Gasteiger partial charge in [0.2, 0.25) is 0 Å². The third kappa shape index (κ3) is 4.39. The second-order valence-corrected chi connectivity index (χ2v) is 20.1. The van der Waals surface area contributed by atoms with Crippen LogP contribution < -0.4 is 4.90 Å². The second kappa shape index (κ2) is 12.4. The molecule has 4 fully saturated rings. The number of rotatable bonds is 6. The van der Waals surface area contributed by atoms with Crippen molar-refractivity contribution in [2.75, 3.05) is 4.90 Å². The van der Waals surface area contributed by atoms with E-state index in [1.165, 1.54) is 98.1 Å². The summed E-state index contributed by atoms with van der Waals surface area (Å²) in [6.45, 7) is 4.73. The van der Waals surface area contributed by atoms with Crippen LogP contribution in [0, 0.1) is 29.1 Å². The van der Waals surface area contributed by atoms with E-state index in [0.29, 0.717) is 5.41 Å². The topological polar surface area (TPSA) is 3.24 Å². The number of hydrogen-bond donors (Lipinski definition) is 0. The van der Waals surface area contributed by atoms with Crippen molar-refractivity contribution in [1.29, 1.82) is 0 Å².